The molecule has 82 valence electrons. The molecule has 0 amide bonds. The van der Waals surface area contributed by atoms with Crippen molar-refractivity contribution in [2.75, 3.05) is 5.73 Å². The fourth-order valence-electron chi connectivity index (χ4n) is 1.13. The number of hydrogen-bond acceptors (Lipinski definition) is 5. The molecule has 0 aliphatic rings. The quantitative estimate of drug-likeness (QED) is 0.865. The lowest BCUT2D eigenvalue weighted by atomic mass is 10.3. The van der Waals surface area contributed by atoms with E-state index in [1.807, 2.05) is 0 Å². The van der Waals surface area contributed by atoms with Crippen molar-refractivity contribution in [2.45, 2.75) is 6.92 Å². The van der Waals surface area contributed by atoms with Crippen LogP contribution in [0, 0.1) is 6.92 Å². The summed E-state index contributed by atoms with van der Waals surface area (Å²) in [6, 6.07) is 3.30. The van der Waals surface area contributed by atoms with Crippen molar-refractivity contribution < 1.29 is 4.74 Å². The average molecular weight is 237 g/mol. The molecule has 2 rings (SSSR count). The van der Waals surface area contributed by atoms with E-state index in [0.717, 1.165) is 0 Å². The number of rotatable bonds is 2. The van der Waals surface area contributed by atoms with Crippen LogP contribution in [-0.4, -0.2) is 15.2 Å². The number of aromatic nitrogens is 3. The van der Waals surface area contributed by atoms with Gasteiger partial charge in [-0.05, 0) is 6.92 Å². The average Bonchev–Trinajstić information content (AvgIpc) is 2.27. The van der Waals surface area contributed by atoms with E-state index in [1.165, 1.54) is 12.4 Å². The van der Waals surface area contributed by atoms with Crippen molar-refractivity contribution >= 4 is 17.4 Å². The topological polar surface area (TPSA) is 73.9 Å². The van der Waals surface area contributed by atoms with E-state index in [1.54, 1.807) is 19.1 Å². The normalized spacial score (nSPS) is 10.1. The first-order chi connectivity index (χ1) is 7.66. The number of halogens is 1. The Morgan fingerprint density at radius 2 is 2.19 bits per heavy atom. The summed E-state index contributed by atoms with van der Waals surface area (Å²) in [5.41, 5.74) is 6.32. The number of nitrogens with zero attached hydrogens (tertiary/aromatic N) is 3. The molecule has 0 atom stereocenters. The van der Waals surface area contributed by atoms with Crippen LogP contribution >= 0.6 is 11.6 Å². The molecule has 0 bridgehead atoms. The molecule has 0 aliphatic heterocycles. The summed E-state index contributed by atoms with van der Waals surface area (Å²) in [6.07, 6.45) is 3.00. The van der Waals surface area contributed by atoms with Crippen LogP contribution in [0.4, 0.5) is 5.82 Å². The van der Waals surface area contributed by atoms with Crippen LogP contribution < -0.4 is 10.5 Å². The predicted molar refractivity (Wildman–Crippen MR) is 60.5 cm³/mol. The van der Waals surface area contributed by atoms with Gasteiger partial charge in [0.1, 0.15) is 5.69 Å². The van der Waals surface area contributed by atoms with Crippen LogP contribution in [0.2, 0.25) is 5.02 Å². The zero-order valence-corrected chi connectivity index (χ0v) is 9.27. The number of hydrogen-bond donors (Lipinski definition) is 1. The highest BCUT2D eigenvalue weighted by atomic mass is 35.5. The third-order valence-corrected chi connectivity index (χ3v) is 2.13. The number of aryl methyl sites for hydroxylation is 1. The lowest BCUT2D eigenvalue weighted by Crippen LogP contribution is -1.97. The molecule has 0 fully saturated rings. The van der Waals surface area contributed by atoms with Gasteiger partial charge in [0.05, 0.1) is 11.2 Å². The molecule has 0 unspecified atom stereocenters. The summed E-state index contributed by atoms with van der Waals surface area (Å²) >= 11 is 5.80. The summed E-state index contributed by atoms with van der Waals surface area (Å²) in [5.74, 6) is 1.26. The molecule has 2 heterocycles. The lowest BCUT2D eigenvalue weighted by Gasteiger charge is -2.08. The second kappa shape index (κ2) is 4.32. The minimum atomic E-state index is 0.278. The first kappa shape index (κ1) is 10.6. The largest absolute Gasteiger partial charge is 0.451 e. The van der Waals surface area contributed by atoms with Gasteiger partial charge in [-0.3, -0.25) is 0 Å². The fraction of sp³-hybridized carbons (Fsp3) is 0.100. The third kappa shape index (κ3) is 2.20. The standard InChI is InChI=1S/C10H9ClN4O/c1-6-8(2-3-14-15-6)16-9-4-7(11)5-13-10(9)12/h2-5H,1H3,(H2,12,13). The van der Waals surface area contributed by atoms with Gasteiger partial charge >= 0.3 is 0 Å². The molecule has 0 saturated heterocycles. The van der Waals surface area contributed by atoms with Gasteiger partial charge in [0.2, 0.25) is 0 Å². The second-order valence-corrected chi connectivity index (χ2v) is 3.56. The molecule has 0 spiro atoms. The predicted octanol–water partition coefficient (Wildman–Crippen LogP) is 2.21. The molecule has 0 aliphatic carbocycles. The van der Waals surface area contributed by atoms with Crippen molar-refractivity contribution in [3.63, 3.8) is 0 Å². The molecule has 2 aromatic rings. The van der Waals surface area contributed by atoms with Crippen LogP contribution in [-0.2, 0) is 0 Å². The van der Waals surface area contributed by atoms with E-state index >= 15 is 0 Å². The Kier molecular flexibility index (Phi) is 2.87. The highest BCUT2D eigenvalue weighted by Crippen LogP contribution is 2.28. The Labute approximate surface area is 97.2 Å². The van der Waals surface area contributed by atoms with E-state index in [0.29, 0.717) is 22.2 Å². The molecule has 2 N–H and O–H groups in total. The first-order valence-electron chi connectivity index (χ1n) is 4.54. The fourth-order valence-corrected chi connectivity index (χ4v) is 1.28. The maximum absolute atomic E-state index is 5.80. The van der Waals surface area contributed by atoms with Gasteiger partial charge in [0.15, 0.2) is 17.3 Å². The van der Waals surface area contributed by atoms with Crippen LogP contribution in [0.25, 0.3) is 0 Å². The smallest absolute Gasteiger partial charge is 0.171 e. The molecule has 6 heteroatoms. The summed E-state index contributed by atoms with van der Waals surface area (Å²) in [7, 11) is 0. The minimum absolute atomic E-state index is 0.278. The van der Waals surface area contributed by atoms with Crippen LogP contribution in [0.1, 0.15) is 5.69 Å². The van der Waals surface area contributed by atoms with Crippen molar-refractivity contribution in [2.24, 2.45) is 0 Å². The number of ether oxygens (including phenoxy) is 1. The van der Waals surface area contributed by atoms with Gasteiger partial charge < -0.3 is 10.5 Å². The Bertz CT molecular complexity index is 518. The third-order valence-electron chi connectivity index (χ3n) is 1.93. The molecule has 2 aromatic heterocycles. The van der Waals surface area contributed by atoms with E-state index in [9.17, 15) is 0 Å². The Morgan fingerprint density at radius 1 is 1.38 bits per heavy atom. The number of pyridine rings is 1. The summed E-state index contributed by atoms with van der Waals surface area (Å²) < 4.78 is 5.55. The molecule has 0 radical (unpaired) electrons. The monoisotopic (exact) mass is 236 g/mol. The highest BCUT2D eigenvalue weighted by molar-refractivity contribution is 6.30. The second-order valence-electron chi connectivity index (χ2n) is 3.12. The Balaban J connectivity index is 2.34. The van der Waals surface area contributed by atoms with Gasteiger partial charge in [-0.15, -0.1) is 0 Å². The zero-order chi connectivity index (χ0) is 11.5. The van der Waals surface area contributed by atoms with Crippen molar-refractivity contribution in [1.29, 1.82) is 0 Å². The van der Waals surface area contributed by atoms with Crippen molar-refractivity contribution in [3.05, 3.63) is 35.2 Å². The van der Waals surface area contributed by atoms with Gasteiger partial charge in [0.25, 0.3) is 0 Å². The van der Waals surface area contributed by atoms with Crippen LogP contribution in [0.15, 0.2) is 24.5 Å². The van der Waals surface area contributed by atoms with Gasteiger partial charge in [-0.2, -0.15) is 10.2 Å². The first-order valence-corrected chi connectivity index (χ1v) is 4.92. The van der Waals surface area contributed by atoms with Crippen molar-refractivity contribution in [3.8, 4) is 11.5 Å². The van der Waals surface area contributed by atoms with E-state index < -0.39 is 0 Å². The minimum Gasteiger partial charge on any atom is -0.451 e. The van der Waals surface area contributed by atoms with E-state index in [2.05, 4.69) is 15.2 Å². The number of nitrogen functional groups attached to an aromatic ring is 1. The molecule has 0 aromatic carbocycles. The molecular weight excluding hydrogens is 228 g/mol. The summed E-state index contributed by atoms with van der Waals surface area (Å²) in [5, 5.41) is 8.04. The zero-order valence-electron chi connectivity index (χ0n) is 8.51. The lowest BCUT2D eigenvalue weighted by molar-refractivity contribution is 0.474. The van der Waals surface area contributed by atoms with E-state index in [-0.39, 0.29) is 5.82 Å². The molecular formula is C10H9ClN4O. The van der Waals surface area contributed by atoms with Crippen molar-refractivity contribution in [1.82, 2.24) is 15.2 Å². The van der Waals surface area contributed by atoms with Crippen LogP contribution in [0.3, 0.4) is 0 Å². The van der Waals surface area contributed by atoms with Crippen LogP contribution in [0.5, 0.6) is 11.5 Å². The van der Waals surface area contributed by atoms with Gasteiger partial charge in [0, 0.05) is 18.3 Å². The Morgan fingerprint density at radius 3 is 2.94 bits per heavy atom. The van der Waals surface area contributed by atoms with Gasteiger partial charge in [-0.25, -0.2) is 4.98 Å². The SMILES string of the molecule is Cc1nnccc1Oc1cc(Cl)cnc1N. The van der Waals surface area contributed by atoms with Gasteiger partial charge in [-0.1, -0.05) is 11.6 Å². The molecule has 0 saturated carbocycles. The summed E-state index contributed by atoms with van der Waals surface area (Å²) in [6.45, 7) is 1.79. The molecule has 5 nitrogen and oxygen atoms in total. The highest BCUT2D eigenvalue weighted by Gasteiger charge is 2.07. The Hall–Kier alpha value is -1.88. The maximum atomic E-state index is 5.80. The maximum Gasteiger partial charge on any atom is 0.171 e. The van der Waals surface area contributed by atoms with E-state index in [4.69, 9.17) is 22.1 Å². The number of nitrogens with two attached hydrogens (primary N) is 1. The summed E-state index contributed by atoms with van der Waals surface area (Å²) in [4.78, 5) is 3.89. The number of anilines is 1. The molecule has 16 heavy (non-hydrogen) atoms.